The molecule has 2 unspecified atom stereocenters. The van der Waals surface area contributed by atoms with E-state index in [0.29, 0.717) is 28.6 Å². The summed E-state index contributed by atoms with van der Waals surface area (Å²) in [7, 11) is 3.38. The Kier molecular flexibility index (Phi) is 6.00. The SMILES string of the molecule is C=C(C)C(Nc1n[s+]([O-])nc1Nc1cccc(C(=O)N(C)C)c1)c1ccc(C)o1. The number of amides is 1. The molecule has 2 N–H and O–H groups in total. The number of carbonyl (C=O) groups excluding carboxylic acids is 1. The van der Waals surface area contributed by atoms with Gasteiger partial charge in [0.25, 0.3) is 5.91 Å². The van der Waals surface area contributed by atoms with Gasteiger partial charge in [-0.2, -0.15) is 0 Å². The van der Waals surface area contributed by atoms with Gasteiger partial charge < -0.3 is 24.5 Å². The molecule has 2 aromatic heterocycles. The summed E-state index contributed by atoms with van der Waals surface area (Å²) in [6.07, 6.45) is 0. The normalized spacial score (nSPS) is 12.4. The minimum Gasteiger partial charge on any atom is -0.546 e. The van der Waals surface area contributed by atoms with Gasteiger partial charge in [0.2, 0.25) is 11.6 Å². The molecule has 0 saturated carbocycles. The summed E-state index contributed by atoms with van der Waals surface area (Å²) >= 11 is -1.74. The molecule has 1 amide bonds. The largest absolute Gasteiger partial charge is 0.546 e. The van der Waals surface area contributed by atoms with Crippen molar-refractivity contribution in [3.05, 3.63) is 65.6 Å². The van der Waals surface area contributed by atoms with Gasteiger partial charge in [-0.15, -0.1) is 0 Å². The highest BCUT2D eigenvalue weighted by atomic mass is 32.2. The Hall–Kier alpha value is -3.17. The van der Waals surface area contributed by atoms with Crippen molar-refractivity contribution in [2.24, 2.45) is 0 Å². The smallest absolute Gasteiger partial charge is 0.253 e. The van der Waals surface area contributed by atoms with E-state index < -0.39 is 11.1 Å². The molecular weight excluding hydrogens is 390 g/mol. The third-order valence-electron chi connectivity index (χ3n) is 4.16. The number of aromatic nitrogens is 2. The monoisotopic (exact) mass is 413 g/mol. The van der Waals surface area contributed by atoms with E-state index in [-0.39, 0.29) is 11.9 Å². The van der Waals surface area contributed by atoms with Crippen molar-refractivity contribution in [1.82, 2.24) is 13.6 Å². The molecule has 3 aromatic rings. The zero-order valence-corrected chi connectivity index (χ0v) is 17.5. The van der Waals surface area contributed by atoms with Crippen LogP contribution in [0.25, 0.3) is 0 Å². The number of nitrogens with one attached hydrogen (secondary N) is 2. The van der Waals surface area contributed by atoms with Crippen molar-refractivity contribution in [3.63, 3.8) is 0 Å². The Balaban J connectivity index is 1.87. The van der Waals surface area contributed by atoms with Crippen molar-refractivity contribution >= 4 is 34.4 Å². The fourth-order valence-electron chi connectivity index (χ4n) is 2.75. The highest BCUT2D eigenvalue weighted by molar-refractivity contribution is 7.14. The number of anilines is 3. The highest BCUT2D eigenvalue weighted by Crippen LogP contribution is 2.32. The second-order valence-electron chi connectivity index (χ2n) is 6.89. The number of hydrogen-bond donors (Lipinski definition) is 2. The lowest BCUT2D eigenvalue weighted by Crippen LogP contribution is -2.21. The van der Waals surface area contributed by atoms with E-state index in [4.69, 9.17) is 4.42 Å². The van der Waals surface area contributed by atoms with Crippen LogP contribution < -0.4 is 10.6 Å². The van der Waals surface area contributed by atoms with E-state index in [9.17, 15) is 9.35 Å². The lowest BCUT2D eigenvalue weighted by atomic mass is 10.1. The van der Waals surface area contributed by atoms with Crippen LogP contribution in [-0.4, -0.2) is 38.2 Å². The predicted octanol–water partition coefficient (Wildman–Crippen LogP) is 4.28. The van der Waals surface area contributed by atoms with Crippen LogP contribution in [0.2, 0.25) is 0 Å². The van der Waals surface area contributed by atoms with Gasteiger partial charge in [0.05, 0.1) is 0 Å². The first kappa shape index (κ1) is 20.6. The highest BCUT2D eigenvalue weighted by Gasteiger charge is 2.23. The molecule has 0 aliphatic heterocycles. The van der Waals surface area contributed by atoms with E-state index in [1.54, 1.807) is 38.4 Å². The number of rotatable bonds is 7. The number of carbonyl (C=O) groups is 1. The molecule has 0 bridgehead atoms. The first-order chi connectivity index (χ1) is 13.7. The van der Waals surface area contributed by atoms with E-state index in [0.717, 1.165) is 11.3 Å². The molecule has 3 rings (SSSR count). The molecule has 0 aliphatic carbocycles. The first-order valence-electron chi connectivity index (χ1n) is 8.91. The average Bonchev–Trinajstić information content (AvgIpc) is 3.24. The third kappa shape index (κ3) is 4.82. The van der Waals surface area contributed by atoms with Gasteiger partial charge in [0.15, 0.2) is 11.1 Å². The number of hydrogen-bond acceptors (Lipinski definition) is 7. The second kappa shape index (κ2) is 8.46. The molecule has 0 fully saturated rings. The quantitative estimate of drug-likeness (QED) is 0.440. The first-order valence-corrected chi connectivity index (χ1v) is 9.97. The molecule has 0 aliphatic rings. The van der Waals surface area contributed by atoms with Gasteiger partial charge in [0.1, 0.15) is 17.6 Å². The third-order valence-corrected chi connectivity index (χ3v) is 4.84. The molecule has 2 heterocycles. The van der Waals surface area contributed by atoms with Crippen LogP contribution in [0.15, 0.2) is 53.0 Å². The van der Waals surface area contributed by atoms with Crippen LogP contribution in [0.5, 0.6) is 0 Å². The molecule has 1 aromatic carbocycles. The molecule has 0 radical (unpaired) electrons. The average molecular weight is 414 g/mol. The van der Waals surface area contributed by atoms with Crippen LogP contribution >= 0.6 is 11.1 Å². The van der Waals surface area contributed by atoms with E-state index in [1.807, 2.05) is 26.0 Å². The number of benzene rings is 1. The van der Waals surface area contributed by atoms with Crippen LogP contribution in [0.3, 0.4) is 0 Å². The Morgan fingerprint density at radius 2 is 1.97 bits per heavy atom. The van der Waals surface area contributed by atoms with Gasteiger partial charge in [0, 0.05) is 34.1 Å². The van der Waals surface area contributed by atoms with Crippen LogP contribution in [-0.2, 0) is 0 Å². The Morgan fingerprint density at radius 3 is 2.59 bits per heavy atom. The zero-order chi connectivity index (χ0) is 21.1. The lowest BCUT2D eigenvalue weighted by Gasteiger charge is -2.16. The fraction of sp³-hybridized carbons (Fsp3) is 0.250. The molecule has 29 heavy (non-hydrogen) atoms. The van der Waals surface area contributed by atoms with Gasteiger partial charge >= 0.3 is 0 Å². The Morgan fingerprint density at radius 1 is 1.24 bits per heavy atom. The maximum Gasteiger partial charge on any atom is 0.253 e. The molecule has 0 spiro atoms. The van der Waals surface area contributed by atoms with Crippen molar-refractivity contribution in [2.75, 3.05) is 24.7 Å². The van der Waals surface area contributed by atoms with Crippen LogP contribution in [0.1, 0.15) is 34.8 Å². The van der Waals surface area contributed by atoms with Gasteiger partial charge in [-0.25, -0.2) is 0 Å². The topological polar surface area (TPSA) is 106 Å². The maximum absolute atomic E-state index is 12.2. The summed E-state index contributed by atoms with van der Waals surface area (Å²) in [4.78, 5) is 13.7. The standard InChI is InChI=1S/C20H23N5O3S/c1-12(2)17(16-10-9-13(3)28-16)22-19-18(23-29(27)24-19)21-15-8-6-7-14(11-15)20(26)25(4)5/h6-11,17H,1H2,2-5H3,(H,21,23)(H,22,24). The number of nitrogens with zero attached hydrogens (tertiary/aromatic N) is 3. The maximum atomic E-state index is 12.2. The summed E-state index contributed by atoms with van der Waals surface area (Å²) in [5, 5.41) is 6.29. The predicted molar refractivity (Wildman–Crippen MR) is 113 cm³/mol. The Labute approximate surface area is 172 Å². The number of aryl methyl sites for hydroxylation is 1. The molecule has 0 saturated heterocycles. The van der Waals surface area contributed by atoms with Gasteiger partial charge in [-0.05, 0) is 44.2 Å². The minimum absolute atomic E-state index is 0.117. The number of furan rings is 1. The second-order valence-corrected chi connectivity index (χ2v) is 7.71. The van der Waals surface area contributed by atoms with Gasteiger partial charge in [-0.3, -0.25) is 4.79 Å². The van der Waals surface area contributed by atoms with Crippen molar-refractivity contribution in [1.29, 1.82) is 0 Å². The van der Waals surface area contributed by atoms with Crippen molar-refractivity contribution in [2.45, 2.75) is 19.9 Å². The summed E-state index contributed by atoms with van der Waals surface area (Å²) in [5.41, 5.74) is 1.96. The van der Waals surface area contributed by atoms with E-state index in [1.165, 1.54) is 4.90 Å². The molecule has 8 nitrogen and oxygen atoms in total. The summed E-state index contributed by atoms with van der Waals surface area (Å²) < 4.78 is 25.8. The summed E-state index contributed by atoms with van der Waals surface area (Å²) in [5.74, 6) is 1.97. The molecule has 2 atom stereocenters. The molecule has 9 heteroatoms. The lowest BCUT2D eigenvalue weighted by molar-refractivity contribution is 0.0827. The van der Waals surface area contributed by atoms with E-state index in [2.05, 4.69) is 26.0 Å². The van der Waals surface area contributed by atoms with Gasteiger partial charge in [-0.1, -0.05) is 18.2 Å². The minimum atomic E-state index is -1.74. The van der Waals surface area contributed by atoms with Crippen LogP contribution in [0.4, 0.5) is 17.3 Å². The van der Waals surface area contributed by atoms with Crippen molar-refractivity contribution in [3.8, 4) is 0 Å². The molecular formula is C20H23N5O3S. The summed E-state index contributed by atoms with van der Waals surface area (Å²) in [6, 6.07) is 10.3. The summed E-state index contributed by atoms with van der Waals surface area (Å²) in [6.45, 7) is 7.73. The Bertz CT molecular complexity index is 1040. The zero-order valence-electron chi connectivity index (χ0n) is 16.7. The molecule has 152 valence electrons. The van der Waals surface area contributed by atoms with Crippen molar-refractivity contribution < 1.29 is 13.8 Å². The fourth-order valence-corrected chi connectivity index (χ4v) is 3.37. The van der Waals surface area contributed by atoms with E-state index >= 15 is 0 Å². The van der Waals surface area contributed by atoms with Crippen LogP contribution in [0, 0.1) is 6.92 Å².